The first-order valence-corrected chi connectivity index (χ1v) is 2.93. The van der Waals surface area contributed by atoms with Gasteiger partial charge in [-0.2, -0.15) is 35.9 Å². The minimum Gasteiger partial charge on any atom is 0 e. The van der Waals surface area contributed by atoms with Crippen LogP contribution in [0.15, 0.2) is 24.3 Å². The number of benzene rings is 1. The van der Waals surface area contributed by atoms with E-state index in [1.165, 1.54) is 5.56 Å². The van der Waals surface area contributed by atoms with Crippen LogP contribution >= 0.6 is 0 Å². The third-order valence-corrected chi connectivity index (χ3v) is 0.885. The molecule has 0 amide bonds. The van der Waals surface area contributed by atoms with Gasteiger partial charge in [-0.3, -0.25) is 0 Å². The van der Waals surface area contributed by atoms with E-state index in [1.54, 1.807) is 0 Å². The SMILES string of the molecule is Cc1cc[c-]cc1.[C-]#[O+].[C-]#[O+].[C-]#[O+].[Cr].[Li+]. The van der Waals surface area contributed by atoms with Gasteiger partial charge in [0.25, 0.3) is 0 Å². The summed E-state index contributed by atoms with van der Waals surface area (Å²) < 4.78 is 22.5. The number of aryl methyl sites for hydroxylation is 1. The molecule has 0 bridgehead atoms. The summed E-state index contributed by atoms with van der Waals surface area (Å²) >= 11 is 0. The minimum absolute atomic E-state index is 0. The Kier molecular flexibility index (Phi) is 73.1. The summed E-state index contributed by atoms with van der Waals surface area (Å²) in [6.45, 7) is 15.6. The van der Waals surface area contributed by atoms with Crippen LogP contribution in [0.25, 0.3) is 0 Å². The Morgan fingerprint density at radius 2 is 1.20 bits per heavy atom. The summed E-state index contributed by atoms with van der Waals surface area (Å²) in [7, 11) is 0. The fourth-order valence-electron chi connectivity index (χ4n) is 0.470. The van der Waals surface area contributed by atoms with Gasteiger partial charge in [-0.1, -0.05) is 6.92 Å². The molecule has 3 nitrogen and oxygen atoms in total. The molecule has 1 aromatic carbocycles. The van der Waals surface area contributed by atoms with Crippen LogP contribution in [0.5, 0.6) is 0 Å². The van der Waals surface area contributed by atoms with E-state index < -0.39 is 0 Å². The standard InChI is InChI=1S/C7H7.3CO.Cr.Li/c1-7-5-3-2-4-6-7;3*1-2;;/h3-6H,1H3;;;;;/q-1;;;;;+1. The first-order valence-electron chi connectivity index (χ1n) is 2.93. The molecule has 0 saturated carbocycles. The van der Waals surface area contributed by atoms with Crippen molar-refractivity contribution in [3.05, 3.63) is 55.8 Å². The van der Waals surface area contributed by atoms with Crippen molar-refractivity contribution in [2.24, 2.45) is 0 Å². The third-order valence-electron chi connectivity index (χ3n) is 0.885. The Morgan fingerprint density at radius 3 is 1.33 bits per heavy atom. The fraction of sp³-hybridized carbons (Fsp3) is 0.100. The van der Waals surface area contributed by atoms with Crippen LogP contribution in [0.4, 0.5) is 0 Å². The maximum Gasteiger partial charge on any atom is 1.00 e. The van der Waals surface area contributed by atoms with Gasteiger partial charge < -0.3 is 0 Å². The molecule has 0 heterocycles. The Morgan fingerprint density at radius 1 is 0.933 bits per heavy atom. The van der Waals surface area contributed by atoms with E-state index in [0.717, 1.165) is 0 Å². The molecule has 72 valence electrons. The monoisotopic (exact) mass is 234 g/mol. The molecule has 1 aromatic rings. The predicted molar refractivity (Wildman–Crippen MR) is 41.8 cm³/mol. The molecule has 0 fully saturated rings. The maximum atomic E-state index is 7.50. The van der Waals surface area contributed by atoms with Gasteiger partial charge in [0.1, 0.15) is 0 Å². The molecule has 0 aromatic heterocycles. The molecule has 0 N–H and O–H groups in total. The molecule has 0 unspecified atom stereocenters. The molecule has 1 rings (SSSR count). The minimum atomic E-state index is 0. The summed E-state index contributed by atoms with van der Waals surface area (Å²) in [5.74, 6) is 0. The average molecular weight is 234 g/mol. The van der Waals surface area contributed by atoms with Crippen LogP contribution in [0.3, 0.4) is 0 Å². The Balaban J connectivity index is -0.0000000369. The summed E-state index contributed by atoms with van der Waals surface area (Å²) in [6.07, 6.45) is 0. The molecule has 15 heavy (non-hydrogen) atoms. The van der Waals surface area contributed by atoms with Crippen molar-refractivity contribution in [2.45, 2.75) is 6.92 Å². The van der Waals surface area contributed by atoms with Crippen LogP contribution in [0, 0.1) is 32.9 Å². The van der Waals surface area contributed by atoms with Crippen molar-refractivity contribution in [3.63, 3.8) is 0 Å². The first-order chi connectivity index (χ1) is 6.39. The molecule has 0 spiro atoms. The molecule has 0 aliphatic rings. The van der Waals surface area contributed by atoms with Gasteiger partial charge in [0, 0.05) is 17.4 Å². The normalized spacial score (nSPS) is 4.47. The Labute approximate surface area is 113 Å². The zero-order valence-corrected chi connectivity index (χ0v) is 9.72. The molecule has 0 radical (unpaired) electrons. The van der Waals surface area contributed by atoms with Gasteiger partial charge in [0.2, 0.25) is 0 Å². The summed E-state index contributed by atoms with van der Waals surface area (Å²) in [6, 6.07) is 10.8. The molecular formula is C10H7CrLiO3. The molecule has 0 aliphatic heterocycles. The van der Waals surface area contributed by atoms with Crippen molar-refractivity contribution in [2.75, 3.05) is 0 Å². The average Bonchev–Trinajstić information content (AvgIpc) is 2.28. The maximum absolute atomic E-state index is 7.50. The van der Waals surface area contributed by atoms with E-state index >= 15 is 0 Å². The van der Waals surface area contributed by atoms with Crippen LogP contribution in [0.1, 0.15) is 5.56 Å². The summed E-state index contributed by atoms with van der Waals surface area (Å²) in [5, 5.41) is 0. The third kappa shape index (κ3) is 31.7. The van der Waals surface area contributed by atoms with Gasteiger partial charge >= 0.3 is 52.8 Å². The second kappa shape index (κ2) is 37.4. The zero-order chi connectivity index (χ0) is 11.1. The largest absolute Gasteiger partial charge is 1.00 e. The Bertz CT molecular complexity index is 230. The molecule has 0 atom stereocenters. The van der Waals surface area contributed by atoms with Crippen molar-refractivity contribution < 1.29 is 50.2 Å². The first kappa shape index (κ1) is 29.3. The van der Waals surface area contributed by atoms with E-state index in [4.69, 9.17) is 14.0 Å². The summed E-state index contributed by atoms with van der Waals surface area (Å²) in [5.41, 5.74) is 1.29. The van der Waals surface area contributed by atoms with Crippen LogP contribution in [0.2, 0.25) is 0 Å². The van der Waals surface area contributed by atoms with Gasteiger partial charge in [-0.15, -0.1) is 0 Å². The van der Waals surface area contributed by atoms with Gasteiger partial charge in [-0.25, -0.2) is 0 Å². The van der Waals surface area contributed by atoms with E-state index in [1.807, 2.05) is 24.3 Å². The van der Waals surface area contributed by atoms with E-state index in [-0.39, 0.29) is 36.2 Å². The van der Waals surface area contributed by atoms with Crippen molar-refractivity contribution >= 4 is 0 Å². The van der Waals surface area contributed by atoms with Crippen LogP contribution < -0.4 is 18.9 Å². The van der Waals surface area contributed by atoms with Gasteiger partial charge in [0.05, 0.1) is 0 Å². The molecular weight excluding hydrogens is 227 g/mol. The number of hydrogen-bond acceptors (Lipinski definition) is 0. The van der Waals surface area contributed by atoms with E-state index in [2.05, 4.69) is 32.9 Å². The van der Waals surface area contributed by atoms with Crippen molar-refractivity contribution in [3.8, 4) is 0 Å². The van der Waals surface area contributed by atoms with Crippen molar-refractivity contribution in [1.29, 1.82) is 0 Å². The topological polar surface area (TPSA) is 59.7 Å². The van der Waals surface area contributed by atoms with Gasteiger partial charge in [-0.05, 0) is 0 Å². The van der Waals surface area contributed by atoms with Crippen LogP contribution in [-0.4, -0.2) is 0 Å². The van der Waals surface area contributed by atoms with Crippen molar-refractivity contribution in [1.82, 2.24) is 0 Å². The second-order valence-corrected chi connectivity index (χ2v) is 1.58. The fourth-order valence-corrected chi connectivity index (χ4v) is 0.470. The molecule has 5 heteroatoms. The van der Waals surface area contributed by atoms with Gasteiger partial charge in [0.15, 0.2) is 0 Å². The number of rotatable bonds is 0. The van der Waals surface area contributed by atoms with E-state index in [0.29, 0.717) is 0 Å². The quantitative estimate of drug-likeness (QED) is 0.304. The molecule has 0 aliphatic carbocycles. The predicted octanol–water partition coefficient (Wildman–Crippen LogP) is -1.32. The van der Waals surface area contributed by atoms with Crippen LogP contribution in [-0.2, 0) is 31.3 Å². The molecule has 0 saturated heterocycles. The summed E-state index contributed by atoms with van der Waals surface area (Å²) in [4.78, 5) is 0. The smallest absolute Gasteiger partial charge is 0 e. The number of hydrogen-bond donors (Lipinski definition) is 0. The van der Waals surface area contributed by atoms with E-state index in [9.17, 15) is 0 Å². The Hall–Kier alpha value is -0.430. The zero-order valence-electron chi connectivity index (χ0n) is 8.44. The second-order valence-electron chi connectivity index (χ2n) is 1.58.